The summed E-state index contributed by atoms with van der Waals surface area (Å²) in [6.07, 6.45) is 3.84. The van der Waals surface area contributed by atoms with E-state index >= 15 is 0 Å². The number of sulfonamides is 1. The monoisotopic (exact) mass is 529 g/mol. The van der Waals surface area contributed by atoms with Crippen LogP contribution in [-0.4, -0.2) is 31.7 Å². The number of hydrogen-bond acceptors (Lipinski definition) is 4. The number of rotatable bonds is 7. The summed E-state index contributed by atoms with van der Waals surface area (Å²) in [4.78, 5) is 13.5. The standard InChI is InChI=1S/C31H35N3O3S/c1-3-34(4-2)38(36,37)25-15-13-24(14-16-25)32-31(35)23-12-17-27-26(19-23)28-21-10-11-22(18-21)29(28)30(33-27)20-8-6-5-7-9-20/h5-9,12-17,19,21-22,28-30,33H,3-4,10-11,18H2,1-2H3,(H,32,35)/t21-,22-,28-,29-,30-/m0/s1. The highest BCUT2D eigenvalue weighted by Gasteiger charge is 2.53. The third-order valence-electron chi connectivity index (χ3n) is 8.96. The van der Waals surface area contributed by atoms with Crippen molar-refractivity contribution in [2.24, 2.45) is 17.8 Å². The fraction of sp³-hybridized carbons (Fsp3) is 0.387. The van der Waals surface area contributed by atoms with Gasteiger partial charge in [-0.15, -0.1) is 0 Å². The van der Waals surface area contributed by atoms with Gasteiger partial charge < -0.3 is 10.6 Å². The molecule has 0 radical (unpaired) electrons. The van der Waals surface area contributed by atoms with Crippen molar-refractivity contribution in [3.63, 3.8) is 0 Å². The van der Waals surface area contributed by atoms with Crippen LogP contribution in [0.2, 0.25) is 0 Å². The molecule has 7 heteroatoms. The van der Waals surface area contributed by atoms with Gasteiger partial charge in [-0.2, -0.15) is 4.31 Å². The van der Waals surface area contributed by atoms with E-state index in [1.807, 2.05) is 19.9 Å². The zero-order valence-electron chi connectivity index (χ0n) is 21.9. The smallest absolute Gasteiger partial charge is 0.255 e. The van der Waals surface area contributed by atoms with Crippen LogP contribution in [0.25, 0.3) is 0 Å². The first-order chi connectivity index (χ1) is 18.4. The van der Waals surface area contributed by atoms with Gasteiger partial charge in [0.05, 0.1) is 10.9 Å². The second-order valence-corrected chi connectivity index (χ2v) is 12.8. The molecule has 2 aliphatic carbocycles. The van der Waals surface area contributed by atoms with Gasteiger partial charge in [0, 0.05) is 30.0 Å². The van der Waals surface area contributed by atoms with Crippen LogP contribution in [0.1, 0.15) is 66.6 Å². The minimum Gasteiger partial charge on any atom is -0.378 e. The van der Waals surface area contributed by atoms with Crippen LogP contribution in [0.15, 0.2) is 77.7 Å². The number of fused-ring (bicyclic) bond motifs is 7. The lowest BCUT2D eigenvalue weighted by molar-refractivity contribution is 0.102. The van der Waals surface area contributed by atoms with Crippen LogP contribution in [0.3, 0.4) is 0 Å². The number of nitrogens with zero attached hydrogens (tertiary/aromatic N) is 1. The first-order valence-corrected chi connectivity index (χ1v) is 15.2. The molecular weight excluding hydrogens is 494 g/mol. The van der Waals surface area contributed by atoms with Gasteiger partial charge >= 0.3 is 0 Å². The highest BCUT2D eigenvalue weighted by Crippen LogP contribution is 2.63. The second kappa shape index (κ2) is 9.86. The molecule has 5 atom stereocenters. The zero-order valence-corrected chi connectivity index (χ0v) is 22.7. The van der Waals surface area contributed by atoms with E-state index in [1.165, 1.54) is 34.7 Å². The number of amides is 1. The summed E-state index contributed by atoms with van der Waals surface area (Å²) in [7, 11) is -3.53. The number of hydrogen-bond donors (Lipinski definition) is 2. The molecule has 2 saturated carbocycles. The van der Waals surface area contributed by atoms with E-state index in [-0.39, 0.29) is 10.8 Å². The number of benzene rings is 3. The van der Waals surface area contributed by atoms with E-state index in [2.05, 4.69) is 53.1 Å². The van der Waals surface area contributed by atoms with Crippen LogP contribution in [0.4, 0.5) is 11.4 Å². The zero-order chi connectivity index (χ0) is 26.4. The van der Waals surface area contributed by atoms with Gasteiger partial charge in [0.2, 0.25) is 10.0 Å². The van der Waals surface area contributed by atoms with E-state index in [0.717, 1.165) is 11.6 Å². The first-order valence-electron chi connectivity index (χ1n) is 13.8. The Morgan fingerprint density at radius 2 is 1.66 bits per heavy atom. The lowest BCUT2D eigenvalue weighted by Crippen LogP contribution is -2.35. The highest BCUT2D eigenvalue weighted by atomic mass is 32.2. The van der Waals surface area contributed by atoms with Gasteiger partial charge in [-0.3, -0.25) is 4.79 Å². The summed E-state index contributed by atoms with van der Waals surface area (Å²) in [5.41, 5.74) is 4.95. The molecule has 2 fully saturated rings. The molecule has 2 bridgehead atoms. The van der Waals surface area contributed by atoms with E-state index in [0.29, 0.717) is 48.1 Å². The van der Waals surface area contributed by atoms with Crippen LogP contribution in [0.5, 0.6) is 0 Å². The molecule has 1 heterocycles. The van der Waals surface area contributed by atoms with E-state index < -0.39 is 10.0 Å². The van der Waals surface area contributed by atoms with Gasteiger partial charge in [-0.1, -0.05) is 44.2 Å². The van der Waals surface area contributed by atoms with Crippen LogP contribution in [0, 0.1) is 17.8 Å². The van der Waals surface area contributed by atoms with E-state index in [9.17, 15) is 13.2 Å². The molecule has 6 rings (SSSR count). The Kier molecular flexibility index (Phi) is 6.52. The predicted octanol–water partition coefficient (Wildman–Crippen LogP) is 6.27. The number of nitrogens with one attached hydrogen (secondary N) is 2. The molecule has 3 aromatic rings. The van der Waals surface area contributed by atoms with Gasteiger partial charge in [-0.25, -0.2) is 8.42 Å². The summed E-state index contributed by atoms with van der Waals surface area (Å²) in [5.74, 6) is 2.22. The molecule has 0 spiro atoms. The molecule has 1 aliphatic heterocycles. The van der Waals surface area contributed by atoms with Crippen molar-refractivity contribution in [2.45, 2.75) is 50.0 Å². The molecule has 38 heavy (non-hydrogen) atoms. The fourth-order valence-corrected chi connectivity index (χ4v) is 8.70. The van der Waals surface area contributed by atoms with Gasteiger partial charge in [-0.05, 0) is 96.5 Å². The summed E-state index contributed by atoms with van der Waals surface area (Å²) in [6, 6.07) is 23.5. The van der Waals surface area contributed by atoms with Gasteiger partial charge in [0.25, 0.3) is 5.91 Å². The van der Waals surface area contributed by atoms with Crippen LogP contribution >= 0.6 is 0 Å². The maximum Gasteiger partial charge on any atom is 0.255 e. The largest absolute Gasteiger partial charge is 0.378 e. The van der Waals surface area contributed by atoms with Crippen LogP contribution in [-0.2, 0) is 10.0 Å². The Labute approximate surface area is 225 Å². The van der Waals surface area contributed by atoms with Crippen molar-refractivity contribution >= 4 is 27.3 Å². The topological polar surface area (TPSA) is 78.5 Å². The predicted molar refractivity (Wildman–Crippen MR) is 151 cm³/mol. The molecule has 6 nitrogen and oxygen atoms in total. The van der Waals surface area contributed by atoms with Gasteiger partial charge in [0.15, 0.2) is 0 Å². The molecule has 2 N–H and O–H groups in total. The Morgan fingerprint density at radius 3 is 2.37 bits per heavy atom. The maximum absolute atomic E-state index is 13.3. The lowest BCUT2D eigenvalue weighted by atomic mass is 9.68. The molecule has 1 amide bonds. The Hall–Kier alpha value is -3.16. The molecule has 0 aromatic heterocycles. The minimum atomic E-state index is -3.53. The number of carbonyl (C=O) groups is 1. The van der Waals surface area contributed by atoms with Crippen molar-refractivity contribution < 1.29 is 13.2 Å². The number of anilines is 2. The third kappa shape index (κ3) is 4.22. The fourth-order valence-electron chi connectivity index (χ4n) is 7.24. The molecule has 198 valence electrons. The molecule has 3 aliphatic rings. The summed E-state index contributed by atoms with van der Waals surface area (Å²) < 4.78 is 27.0. The van der Waals surface area contributed by atoms with Gasteiger partial charge in [0.1, 0.15) is 0 Å². The second-order valence-electron chi connectivity index (χ2n) is 10.8. The average molecular weight is 530 g/mol. The van der Waals surface area contributed by atoms with Crippen molar-refractivity contribution in [3.05, 3.63) is 89.5 Å². The van der Waals surface area contributed by atoms with Crippen molar-refractivity contribution in [1.29, 1.82) is 0 Å². The average Bonchev–Trinajstić information content (AvgIpc) is 3.57. The third-order valence-corrected chi connectivity index (χ3v) is 11.0. The Balaban J connectivity index is 1.24. The van der Waals surface area contributed by atoms with E-state index in [4.69, 9.17) is 0 Å². The maximum atomic E-state index is 13.3. The summed E-state index contributed by atoms with van der Waals surface area (Å²) in [5, 5.41) is 6.79. The Bertz CT molecular complexity index is 1430. The number of carbonyl (C=O) groups excluding carboxylic acids is 1. The molecule has 0 unspecified atom stereocenters. The molecule has 3 aromatic carbocycles. The highest BCUT2D eigenvalue weighted by molar-refractivity contribution is 7.89. The van der Waals surface area contributed by atoms with E-state index in [1.54, 1.807) is 24.3 Å². The lowest BCUT2D eigenvalue weighted by Gasteiger charge is -2.43. The molecule has 0 saturated heterocycles. The SMILES string of the molecule is CCN(CC)S(=O)(=O)c1ccc(NC(=O)c2ccc3c(c2)[C@@H]2[C@H]4CC[C@@H](C4)[C@@H]2[C@H](c2ccccc2)N3)cc1. The minimum absolute atomic E-state index is 0.183. The van der Waals surface area contributed by atoms with Crippen molar-refractivity contribution in [1.82, 2.24) is 4.31 Å². The normalized spacial score (nSPS) is 25.5. The summed E-state index contributed by atoms with van der Waals surface area (Å²) >= 11 is 0. The first kappa shape index (κ1) is 25.1. The van der Waals surface area contributed by atoms with Crippen molar-refractivity contribution in [3.8, 4) is 0 Å². The quantitative estimate of drug-likeness (QED) is 0.378. The van der Waals surface area contributed by atoms with Crippen molar-refractivity contribution in [2.75, 3.05) is 23.7 Å². The van der Waals surface area contributed by atoms with Crippen LogP contribution < -0.4 is 10.6 Å². The Morgan fingerprint density at radius 1 is 0.947 bits per heavy atom. The molecular formula is C31H35N3O3S. The summed E-state index contributed by atoms with van der Waals surface area (Å²) in [6.45, 7) is 4.48.